The molecule has 1 aromatic rings. The van der Waals surface area contributed by atoms with Gasteiger partial charge >= 0.3 is 0 Å². The molecule has 0 spiro atoms. The number of hydrogen-bond acceptors (Lipinski definition) is 2. The summed E-state index contributed by atoms with van der Waals surface area (Å²) in [4.78, 5) is 1.38. The van der Waals surface area contributed by atoms with Crippen LogP contribution in [0.2, 0.25) is 0 Å². The SMILES string of the molecule is CCC(C)CC(CSc1ccc(C)cc1)NC. The molecule has 1 nitrogen and oxygen atoms in total. The van der Waals surface area contributed by atoms with E-state index in [1.807, 2.05) is 11.8 Å². The molecular weight excluding hydrogens is 226 g/mol. The first-order chi connectivity index (χ1) is 8.15. The van der Waals surface area contributed by atoms with Gasteiger partial charge in [0.05, 0.1) is 0 Å². The fourth-order valence-electron chi connectivity index (χ4n) is 1.75. The topological polar surface area (TPSA) is 12.0 Å². The fourth-order valence-corrected chi connectivity index (χ4v) is 2.78. The van der Waals surface area contributed by atoms with Crippen LogP contribution in [0.5, 0.6) is 0 Å². The maximum atomic E-state index is 3.43. The zero-order valence-electron chi connectivity index (χ0n) is 11.5. The van der Waals surface area contributed by atoms with Crippen LogP contribution in [0.1, 0.15) is 32.3 Å². The maximum absolute atomic E-state index is 3.43. The van der Waals surface area contributed by atoms with E-state index in [-0.39, 0.29) is 0 Å². The van der Waals surface area contributed by atoms with Gasteiger partial charge in [0.1, 0.15) is 0 Å². The lowest BCUT2D eigenvalue weighted by Gasteiger charge is -2.19. The van der Waals surface area contributed by atoms with E-state index in [4.69, 9.17) is 0 Å². The zero-order valence-corrected chi connectivity index (χ0v) is 12.3. The average Bonchev–Trinajstić information content (AvgIpc) is 2.36. The number of benzene rings is 1. The second-order valence-corrected chi connectivity index (χ2v) is 5.95. The van der Waals surface area contributed by atoms with Crippen LogP contribution in [0.4, 0.5) is 0 Å². The Morgan fingerprint density at radius 3 is 2.41 bits per heavy atom. The van der Waals surface area contributed by atoms with E-state index in [9.17, 15) is 0 Å². The van der Waals surface area contributed by atoms with Crippen molar-refractivity contribution in [3.8, 4) is 0 Å². The van der Waals surface area contributed by atoms with E-state index in [1.54, 1.807) is 0 Å². The van der Waals surface area contributed by atoms with Crippen LogP contribution in [0.3, 0.4) is 0 Å². The van der Waals surface area contributed by atoms with Crippen LogP contribution in [0.15, 0.2) is 29.2 Å². The van der Waals surface area contributed by atoms with Gasteiger partial charge in [-0.25, -0.2) is 0 Å². The summed E-state index contributed by atoms with van der Waals surface area (Å²) in [6.45, 7) is 6.74. The lowest BCUT2D eigenvalue weighted by atomic mass is 10.0. The monoisotopic (exact) mass is 251 g/mol. The normalized spacial score (nSPS) is 14.6. The number of thioether (sulfide) groups is 1. The second-order valence-electron chi connectivity index (χ2n) is 4.86. The molecule has 0 aliphatic carbocycles. The minimum Gasteiger partial charge on any atom is -0.316 e. The Bertz CT molecular complexity index is 307. The Kier molecular flexibility index (Phi) is 6.68. The predicted molar refractivity (Wildman–Crippen MR) is 78.8 cm³/mol. The van der Waals surface area contributed by atoms with E-state index in [0.29, 0.717) is 6.04 Å². The molecule has 0 saturated heterocycles. The number of aryl methyl sites for hydroxylation is 1. The third kappa shape index (κ3) is 5.60. The highest BCUT2D eigenvalue weighted by Crippen LogP contribution is 2.21. The molecule has 1 aromatic carbocycles. The molecule has 0 fully saturated rings. The standard InChI is InChI=1S/C15H25NS/c1-5-12(2)10-14(16-4)11-17-15-8-6-13(3)7-9-15/h6-9,12,14,16H,5,10-11H2,1-4H3. The Morgan fingerprint density at radius 1 is 1.24 bits per heavy atom. The molecule has 0 heterocycles. The van der Waals surface area contributed by atoms with Gasteiger partial charge in [-0.1, -0.05) is 38.0 Å². The molecule has 0 radical (unpaired) electrons. The number of hydrogen-bond donors (Lipinski definition) is 1. The van der Waals surface area contributed by atoms with Crippen LogP contribution >= 0.6 is 11.8 Å². The molecular formula is C15H25NS. The Balaban J connectivity index is 2.39. The highest BCUT2D eigenvalue weighted by atomic mass is 32.2. The lowest BCUT2D eigenvalue weighted by molar-refractivity contribution is 0.436. The van der Waals surface area contributed by atoms with E-state index in [0.717, 1.165) is 11.7 Å². The van der Waals surface area contributed by atoms with Crippen LogP contribution in [0.25, 0.3) is 0 Å². The first kappa shape index (κ1) is 14.6. The van der Waals surface area contributed by atoms with Gasteiger partial charge in [-0.3, -0.25) is 0 Å². The third-order valence-corrected chi connectivity index (χ3v) is 4.44. The summed E-state index contributed by atoms with van der Waals surface area (Å²) < 4.78 is 0. The molecule has 2 heteroatoms. The first-order valence-corrected chi connectivity index (χ1v) is 7.51. The Hall–Kier alpha value is -0.470. The molecule has 0 aliphatic heterocycles. The van der Waals surface area contributed by atoms with Crippen molar-refractivity contribution >= 4 is 11.8 Å². The summed E-state index contributed by atoms with van der Waals surface area (Å²) in [5.74, 6) is 1.97. The van der Waals surface area contributed by atoms with E-state index >= 15 is 0 Å². The van der Waals surface area contributed by atoms with Crippen molar-refractivity contribution in [3.05, 3.63) is 29.8 Å². The second kappa shape index (κ2) is 7.78. The summed E-state index contributed by atoms with van der Waals surface area (Å²) in [5.41, 5.74) is 1.33. The van der Waals surface area contributed by atoms with Crippen molar-refractivity contribution < 1.29 is 0 Å². The van der Waals surface area contributed by atoms with Crippen LogP contribution in [-0.2, 0) is 0 Å². The van der Waals surface area contributed by atoms with Crippen molar-refractivity contribution in [1.82, 2.24) is 5.32 Å². The highest BCUT2D eigenvalue weighted by molar-refractivity contribution is 7.99. The van der Waals surface area contributed by atoms with Gasteiger partial charge in [-0.15, -0.1) is 11.8 Å². The molecule has 2 unspecified atom stereocenters. The molecule has 0 bridgehead atoms. The van der Waals surface area contributed by atoms with Gasteiger partial charge < -0.3 is 5.32 Å². The highest BCUT2D eigenvalue weighted by Gasteiger charge is 2.10. The fraction of sp³-hybridized carbons (Fsp3) is 0.600. The van der Waals surface area contributed by atoms with Crippen molar-refractivity contribution in [3.63, 3.8) is 0 Å². The van der Waals surface area contributed by atoms with Gasteiger partial charge in [0.15, 0.2) is 0 Å². The molecule has 17 heavy (non-hydrogen) atoms. The molecule has 0 amide bonds. The van der Waals surface area contributed by atoms with Gasteiger partial charge in [0, 0.05) is 16.7 Å². The van der Waals surface area contributed by atoms with E-state index < -0.39 is 0 Å². The Morgan fingerprint density at radius 2 is 1.88 bits per heavy atom. The molecule has 0 aliphatic rings. The van der Waals surface area contributed by atoms with Gasteiger partial charge in [-0.05, 0) is 38.4 Å². The van der Waals surface area contributed by atoms with Crippen molar-refractivity contribution in [2.75, 3.05) is 12.8 Å². The van der Waals surface area contributed by atoms with Crippen LogP contribution in [0, 0.1) is 12.8 Å². The zero-order chi connectivity index (χ0) is 12.7. The first-order valence-electron chi connectivity index (χ1n) is 6.52. The van der Waals surface area contributed by atoms with Crippen molar-refractivity contribution in [2.45, 2.75) is 44.6 Å². The van der Waals surface area contributed by atoms with Crippen LogP contribution < -0.4 is 5.32 Å². The largest absolute Gasteiger partial charge is 0.316 e. The minimum absolute atomic E-state index is 0.622. The summed E-state index contributed by atoms with van der Waals surface area (Å²) in [5, 5.41) is 3.43. The quantitative estimate of drug-likeness (QED) is 0.732. The van der Waals surface area contributed by atoms with Crippen LogP contribution in [-0.4, -0.2) is 18.8 Å². The molecule has 0 aromatic heterocycles. The van der Waals surface area contributed by atoms with Gasteiger partial charge in [0.25, 0.3) is 0 Å². The number of nitrogens with one attached hydrogen (secondary N) is 1. The maximum Gasteiger partial charge on any atom is 0.0161 e. The summed E-state index contributed by atoms with van der Waals surface area (Å²) >= 11 is 1.95. The average molecular weight is 251 g/mol. The van der Waals surface area contributed by atoms with Gasteiger partial charge in [-0.2, -0.15) is 0 Å². The molecule has 0 saturated carbocycles. The lowest BCUT2D eigenvalue weighted by Crippen LogP contribution is -2.29. The Labute approximate surface area is 110 Å². The van der Waals surface area contributed by atoms with Crippen molar-refractivity contribution in [2.24, 2.45) is 5.92 Å². The van der Waals surface area contributed by atoms with E-state index in [1.165, 1.54) is 23.3 Å². The summed E-state index contributed by atoms with van der Waals surface area (Å²) in [7, 11) is 2.07. The molecule has 1 rings (SSSR count). The minimum atomic E-state index is 0.622. The van der Waals surface area contributed by atoms with Crippen molar-refractivity contribution in [1.29, 1.82) is 0 Å². The number of rotatable bonds is 7. The molecule has 96 valence electrons. The smallest absolute Gasteiger partial charge is 0.0161 e. The third-order valence-electron chi connectivity index (χ3n) is 3.26. The predicted octanol–water partition coefficient (Wildman–Crippen LogP) is 4.11. The van der Waals surface area contributed by atoms with Gasteiger partial charge in [0.2, 0.25) is 0 Å². The molecule has 1 N–H and O–H groups in total. The summed E-state index contributed by atoms with van der Waals surface area (Å²) in [6.07, 6.45) is 2.54. The molecule has 2 atom stereocenters. The van der Waals surface area contributed by atoms with E-state index in [2.05, 4.69) is 57.4 Å². The summed E-state index contributed by atoms with van der Waals surface area (Å²) in [6, 6.07) is 9.43.